The minimum Gasteiger partial charge on any atom is -0.339 e. The van der Waals surface area contributed by atoms with Crippen LogP contribution in [-0.4, -0.2) is 23.2 Å². The maximum atomic E-state index is 5.21. The SMILES string of the molecule is CNC(C)Cc1nc(Cc2ccccc2)no1. The number of aromatic nitrogens is 2. The van der Waals surface area contributed by atoms with Crippen LogP contribution in [0.1, 0.15) is 24.2 Å². The van der Waals surface area contributed by atoms with Crippen LogP contribution in [0.15, 0.2) is 34.9 Å². The van der Waals surface area contributed by atoms with Gasteiger partial charge in [-0.25, -0.2) is 0 Å². The second-order valence-corrected chi connectivity index (χ2v) is 4.16. The van der Waals surface area contributed by atoms with E-state index in [1.807, 2.05) is 25.2 Å². The van der Waals surface area contributed by atoms with Crippen LogP contribution in [0.2, 0.25) is 0 Å². The molecule has 4 nitrogen and oxygen atoms in total. The van der Waals surface area contributed by atoms with E-state index in [9.17, 15) is 0 Å². The minimum atomic E-state index is 0.347. The molecule has 0 spiro atoms. The number of rotatable bonds is 5. The van der Waals surface area contributed by atoms with Crippen LogP contribution in [0.25, 0.3) is 0 Å². The Balaban J connectivity index is 1.99. The third-order valence-corrected chi connectivity index (χ3v) is 2.69. The molecule has 1 N–H and O–H groups in total. The number of hydrogen-bond donors (Lipinski definition) is 1. The van der Waals surface area contributed by atoms with Crippen molar-refractivity contribution in [2.45, 2.75) is 25.8 Å². The summed E-state index contributed by atoms with van der Waals surface area (Å²) in [5.41, 5.74) is 1.20. The average molecular weight is 231 g/mol. The van der Waals surface area contributed by atoms with Gasteiger partial charge in [0.25, 0.3) is 0 Å². The smallest absolute Gasteiger partial charge is 0.228 e. The van der Waals surface area contributed by atoms with E-state index in [1.165, 1.54) is 5.56 Å². The van der Waals surface area contributed by atoms with Crippen molar-refractivity contribution in [3.63, 3.8) is 0 Å². The molecule has 1 unspecified atom stereocenters. The molecule has 0 bridgehead atoms. The normalized spacial score (nSPS) is 12.6. The fraction of sp³-hybridized carbons (Fsp3) is 0.385. The van der Waals surface area contributed by atoms with Crippen molar-refractivity contribution in [3.05, 3.63) is 47.6 Å². The number of nitrogens with one attached hydrogen (secondary N) is 1. The average Bonchev–Trinajstić information content (AvgIpc) is 2.77. The molecule has 1 aromatic carbocycles. The van der Waals surface area contributed by atoms with E-state index in [-0.39, 0.29) is 0 Å². The van der Waals surface area contributed by atoms with Gasteiger partial charge < -0.3 is 9.84 Å². The molecule has 1 atom stereocenters. The summed E-state index contributed by atoms with van der Waals surface area (Å²) < 4.78 is 5.21. The molecule has 0 saturated carbocycles. The molecule has 1 aromatic heterocycles. The summed E-state index contributed by atoms with van der Waals surface area (Å²) in [7, 11) is 1.92. The fourth-order valence-electron chi connectivity index (χ4n) is 1.59. The van der Waals surface area contributed by atoms with Crippen LogP contribution in [0.4, 0.5) is 0 Å². The van der Waals surface area contributed by atoms with Crippen molar-refractivity contribution < 1.29 is 4.52 Å². The van der Waals surface area contributed by atoms with E-state index in [1.54, 1.807) is 0 Å². The van der Waals surface area contributed by atoms with Crippen LogP contribution in [0.3, 0.4) is 0 Å². The topological polar surface area (TPSA) is 51.0 Å². The van der Waals surface area contributed by atoms with Gasteiger partial charge in [0.15, 0.2) is 5.82 Å². The van der Waals surface area contributed by atoms with Crippen molar-refractivity contribution >= 4 is 0 Å². The fourth-order valence-corrected chi connectivity index (χ4v) is 1.59. The first kappa shape index (κ1) is 11.8. The highest BCUT2D eigenvalue weighted by atomic mass is 16.5. The van der Waals surface area contributed by atoms with Gasteiger partial charge in [0.2, 0.25) is 5.89 Å². The Morgan fingerprint density at radius 2 is 2.06 bits per heavy atom. The van der Waals surface area contributed by atoms with Crippen molar-refractivity contribution in [1.29, 1.82) is 0 Å². The van der Waals surface area contributed by atoms with Crippen LogP contribution >= 0.6 is 0 Å². The second kappa shape index (κ2) is 5.59. The molecule has 4 heteroatoms. The highest BCUT2D eigenvalue weighted by Crippen LogP contribution is 2.07. The molecule has 90 valence electrons. The number of likely N-dealkylation sites (N-methyl/N-ethyl adjacent to an activating group) is 1. The van der Waals surface area contributed by atoms with Crippen molar-refractivity contribution in [2.75, 3.05) is 7.05 Å². The monoisotopic (exact) mass is 231 g/mol. The summed E-state index contributed by atoms with van der Waals surface area (Å²) in [4.78, 5) is 4.38. The highest BCUT2D eigenvalue weighted by molar-refractivity contribution is 5.18. The predicted molar refractivity (Wildman–Crippen MR) is 65.8 cm³/mol. The molecule has 0 saturated heterocycles. The molecule has 0 amide bonds. The van der Waals surface area contributed by atoms with Gasteiger partial charge in [-0.15, -0.1) is 0 Å². The van der Waals surface area contributed by atoms with Crippen LogP contribution < -0.4 is 5.32 Å². The van der Waals surface area contributed by atoms with Crippen molar-refractivity contribution in [1.82, 2.24) is 15.5 Å². The number of benzene rings is 1. The summed E-state index contributed by atoms with van der Waals surface area (Å²) in [6.07, 6.45) is 1.48. The van der Waals surface area contributed by atoms with E-state index >= 15 is 0 Å². The first-order valence-electron chi connectivity index (χ1n) is 5.80. The van der Waals surface area contributed by atoms with E-state index in [0.717, 1.165) is 18.7 Å². The minimum absolute atomic E-state index is 0.347. The zero-order valence-corrected chi connectivity index (χ0v) is 10.2. The molecule has 17 heavy (non-hydrogen) atoms. The Hall–Kier alpha value is -1.68. The summed E-state index contributed by atoms with van der Waals surface area (Å²) >= 11 is 0. The lowest BCUT2D eigenvalue weighted by atomic mass is 10.1. The Labute approximate surface area is 101 Å². The lowest BCUT2D eigenvalue weighted by Gasteiger charge is -2.04. The molecule has 0 aliphatic heterocycles. The van der Waals surface area contributed by atoms with Crippen molar-refractivity contribution in [2.24, 2.45) is 0 Å². The number of nitrogens with zero attached hydrogens (tertiary/aromatic N) is 2. The molecule has 0 fully saturated rings. The molecular formula is C13H17N3O. The molecule has 2 aromatic rings. The Bertz CT molecular complexity index is 453. The maximum absolute atomic E-state index is 5.21. The zero-order valence-electron chi connectivity index (χ0n) is 10.2. The van der Waals surface area contributed by atoms with E-state index in [0.29, 0.717) is 11.9 Å². The standard InChI is InChI=1S/C13H17N3O/c1-10(14-2)8-13-15-12(16-17-13)9-11-6-4-3-5-7-11/h3-7,10,14H,8-9H2,1-2H3. The summed E-state index contributed by atoms with van der Waals surface area (Å²) in [6.45, 7) is 2.08. The largest absolute Gasteiger partial charge is 0.339 e. The summed E-state index contributed by atoms with van der Waals surface area (Å²) in [5.74, 6) is 1.44. The first-order chi connectivity index (χ1) is 8.28. The van der Waals surface area contributed by atoms with Crippen LogP contribution in [0.5, 0.6) is 0 Å². The van der Waals surface area contributed by atoms with Gasteiger partial charge in [-0.2, -0.15) is 4.98 Å². The Morgan fingerprint density at radius 3 is 2.76 bits per heavy atom. The van der Waals surface area contributed by atoms with Crippen LogP contribution in [0, 0.1) is 0 Å². The van der Waals surface area contributed by atoms with E-state index in [2.05, 4.69) is 34.5 Å². The lowest BCUT2D eigenvalue weighted by Crippen LogP contribution is -2.23. The maximum Gasteiger partial charge on any atom is 0.228 e. The Kier molecular flexibility index (Phi) is 3.88. The van der Waals surface area contributed by atoms with Gasteiger partial charge in [-0.05, 0) is 19.5 Å². The zero-order chi connectivity index (χ0) is 12.1. The highest BCUT2D eigenvalue weighted by Gasteiger charge is 2.09. The summed E-state index contributed by atoms with van der Waals surface area (Å²) in [5, 5.41) is 7.13. The van der Waals surface area contributed by atoms with Gasteiger partial charge in [0, 0.05) is 18.9 Å². The molecule has 0 aliphatic carbocycles. The second-order valence-electron chi connectivity index (χ2n) is 4.16. The molecule has 0 aliphatic rings. The van der Waals surface area contributed by atoms with E-state index in [4.69, 9.17) is 4.52 Å². The quantitative estimate of drug-likeness (QED) is 0.852. The lowest BCUT2D eigenvalue weighted by molar-refractivity contribution is 0.361. The van der Waals surface area contributed by atoms with Gasteiger partial charge in [0.1, 0.15) is 0 Å². The molecular weight excluding hydrogens is 214 g/mol. The predicted octanol–water partition coefficient (Wildman–Crippen LogP) is 1.81. The number of hydrogen-bond acceptors (Lipinski definition) is 4. The third kappa shape index (κ3) is 3.39. The first-order valence-corrected chi connectivity index (χ1v) is 5.80. The van der Waals surface area contributed by atoms with E-state index < -0.39 is 0 Å². The van der Waals surface area contributed by atoms with Gasteiger partial charge in [0.05, 0.1) is 0 Å². The van der Waals surface area contributed by atoms with Gasteiger partial charge in [-0.3, -0.25) is 0 Å². The van der Waals surface area contributed by atoms with Gasteiger partial charge in [-0.1, -0.05) is 35.5 Å². The van der Waals surface area contributed by atoms with Crippen molar-refractivity contribution in [3.8, 4) is 0 Å². The molecule has 1 heterocycles. The third-order valence-electron chi connectivity index (χ3n) is 2.69. The Morgan fingerprint density at radius 1 is 1.29 bits per heavy atom. The molecule has 2 rings (SSSR count). The van der Waals surface area contributed by atoms with Gasteiger partial charge >= 0.3 is 0 Å². The van der Waals surface area contributed by atoms with Crippen LogP contribution in [-0.2, 0) is 12.8 Å². The summed E-state index contributed by atoms with van der Waals surface area (Å²) in [6, 6.07) is 10.5. The molecule has 0 radical (unpaired) electrons.